The van der Waals surface area contributed by atoms with Gasteiger partial charge in [0.05, 0.1) is 6.21 Å². The van der Waals surface area contributed by atoms with Crippen LogP contribution in [0.2, 0.25) is 0 Å². The van der Waals surface area contributed by atoms with Crippen LogP contribution in [0.5, 0.6) is 11.5 Å². The summed E-state index contributed by atoms with van der Waals surface area (Å²) in [5.74, 6) is 1.16. The first-order valence-electron chi connectivity index (χ1n) is 3.70. The van der Waals surface area contributed by atoms with Gasteiger partial charge in [0.2, 0.25) is 0 Å². The molecule has 0 saturated heterocycles. The van der Waals surface area contributed by atoms with Gasteiger partial charge in [-0.05, 0) is 18.2 Å². The summed E-state index contributed by atoms with van der Waals surface area (Å²) >= 11 is 0. The lowest BCUT2D eigenvalue weighted by atomic mass is 10.2. The van der Waals surface area contributed by atoms with Crippen LogP contribution >= 0.6 is 0 Å². The first-order chi connectivity index (χ1) is 6.29. The number of benzene rings is 1. The van der Waals surface area contributed by atoms with Crippen molar-refractivity contribution >= 4 is 6.21 Å². The molecule has 1 aliphatic heterocycles. The molecule has 13 heavy (non-hydrogen) atoms. The van der Waals surface area contributed by atoms with E-state index >= 15 is 0 Å². The highest BCUT2D eigenvalue weighted by atomic mass is 16.7. The summed E-state index contributed by atoms with van der Waals surface area (Å²) in [6.45, 7) is 0. The van der Waals surface area contributed by atoms with E-state index in [0.717, 1.165) is 5.56 Å². The Balaban J connectivity index is 2.34. The van der Waals surface area contributed by atoms with Gasteiger partial charge in [-0.15, -0.1) is 0 Å². The molecule has 0 aromatic heterocycles. The van der Waals surface area contributed by atoms with Crippen molar-refractivity contribution in [2.75, 3.05) is 0 Å². The average Bonchev–Trinajstić information content (AvgIpc) is 2.44. The van der Waals surface area contributed by atoms with E-state index in [9.17, 15) is 0 Å². The van der Waals surface area contributed by atoms with Crippen molar-refractivity contribution < 1.29 is 14.7 Å². The summed E-state index contributed by atoms with van der Waals surface area (Å²) in [6, 6.07) is 5.13. The Hall–Kier alpha value is -1.75. The molecular weight excluding hydrogens is 172 g/mol. The molecule has 0 fully saturated rings. The Morgan fingerprint density at radius 1 is 1.38 bits per heavy atom. The molecule has 68 valence electrons. The van der Waals surface area contributed by atoms with Crippen LogP contribution in [0.4, 0.5) is 0 Å². The number of fused-ring (bicyclic) bond motifs is 1. The third-order valence-corrected chi connectivity index (χ3v) is 1.66. The molecule has 1 aromatic carbocycles. The number of ether oxygens (including phenoxy) is 2. The number of nitrogens with two attached hydrogens (primary N) is 1. The maximum absolute atomic E-state index is 8.29. The normalized spacial score (nSPS) is 19.6. The lowest BCUT2D eigenvalue weighted by molar-refractivity contribution is 0.0562. The third-order valence-electron chi connectivity index (χ3n) is 1.66. The fourth-order valence-electron chi connectivity index (χ4n) is 1.14. The van der Waals surface area contributed by atoms with E-state index in [1.54, 1.807) is 18.2 Å². The van der Waals surface area contributed by atoms with Crippen LogP contribution < -0.4 is 15.2 Å². The maximum atomic E-state index is 8.29. The second kappa shape index (κ2) is 2.95. The number of oxime groups is 1. The highest BCUT2D eigenvalue weighted by molar-refractivity contribution is 5.80. The quantitative estimate of drug-likeness (QED) is 0.375. The smallest absolute Gasteiger partial charge is 0.300 e. The van der Waals surface area contributed by atoms with Gasteiger partial charge < -0.3 is 14.7 Å². The molecule has 2 rings (SSSR count). The van der Waals surface area contributed by atoms with E-state index in [4.69, 9.17) is 20.4 Å². The van der Waals surface area contributed by atoms with Crippen molar-refractivity contribution in [2.45, 2.75) is 6.41 Å². The van der Waals surface area contributed by atoms with Crippen LogP contribution in [0.1, 0.15) is 5.56 Å². The van der Waals surface area contributed by atoms with E-state index in [0.29, 0.717) is 11.5 Å². The number of hydrogen-bond donors (Lipinski definition) is 2. The van der Waals surface area contributed by atoms with Crippen LogP contribution in [0.3, 0.4) is 0 Å². The van der Waals surface area contributed by atoms with Gasteiger partial charge in [0.25, 0.3) is 6.41 Å². The van der Waals surface area contributed by atoms with Crippen LogP contribution in [0, 0.1) is 0 Å². The minimum atomic E-state index is -0.740. The minimum Gasteiger partial charge on any atom is -0.438 e. The number of rotatable bonds is 1. The monoisotopic (exact) mass is 180 g/mol. The lowest BCUT2D eigenvalue weighted by Gasteiger charge is -1.99. The average molecular weight is 180 g/mol. The van der Waals surface area contributed by atoms with E-state index in [2.05, 4.69) is 5.16 Å². The fourth-order valence-corrected chi connectivity index (χ4v) is 1.14. The highest BCUT2D eigenvalue weighted by Gasteiger charge is 2.19. The summed E-state index contributed by atoms with van der Waals surface area (Å²) in [4.78, 5) is 0. The molecule has 3 N–H and O–H groups in total. The first-order valence-corrected chi connectivity index (χ1v) is 3.70. The molecule has 5 heteroatoms. The van der Waals surface area contributed by atoms with Crippen molar-refractivity contribution in [1.29, 1.82) is 0 Å². The molecular formula is C8H8N2O3. The van der Waals surface area contributed by atoms with Crippen LogP contribution in [0.15, 0.2) is 23.4 Å². The molecule has 0 spiro atoms. The zero-order chi connectivity index (χ0) is 9.26. The second-order valence-electron chi connectivity index (χ2n) is 2.55. The summed E-state index contributed by atoms with van der Waals surface area (Å²) in [5.41, 5.74) is 6.10. The predicted octanol–water partition coefficient (Wildman–Crippen LogP) is 0.508. The maximum Gasteiger partial charge on any atom is 0.300 e. The van der Waals surface area contributed by atoms with Gasteiger partial charge in [-0.25, -0.2) is 0 Å². The van der Waals surface area contributed by atoms with Crippen LogP contribution in [0.25, 0.3) is 0 Å². The molecule has 1 atom stereocenters. The van der Waals surface area contributed by atoms with Crippen molar-refractivity contribution in [1.82, 2.24) is 0 Å². The summed E-state index contributed by atoms with van der Waals surface area (Å²) in [7, 11) is 0. The standard InChI is InChI=1S/C8H8N2O3/c9-8-12-6-2-1-5(4-10-11)3-7(6)13-8/h1-4,8,11H,9H2. The molecule has 1 unspecified atom stereocenters. The van der Waals surface area contributed by atoms with E-state index in [1.165, 1.54) is 6.21 Å². The van der Waals surface area contributed by atoms with Crippen molar-refractivity contribution in [3.63, 3.8) is 0 Å². The van der Waals surface area contributed by atoms with Gasteiger partial charge in [-0.2, -0.15) is 0 Å². The molecule has 0 saturated carbocycles. The van der Waals surface area contributed by atoms with Gasteiger partial charge in [0.15, 0.2) is 11.5 Å². The Morgan fingerprint density at radius 3 is 2.92 bits per heavy atom. The number of nitrogens with zero attached hydrogens (tertiary/aromatic N) is 1. The summed E-state index contributed by atoms with van der Waals surface area (Å²) in [6.07, 6.45) is 0.560. The topological polar surface area (TPSA) is 77.1 Å². The Kier molecular flexibility index (Phi) is 1.79. The SMILES string of the molecule is NC1Oc2ccc(C=NO)cc2O1. The molecule has 0 aliphatic carbocycles. The van der Waals surface area contributed by atoms with E-state index in [-0.39, 0.29) is 0 Å². The molecule has 1 aliphatic rings. The zero-order valence-corrected chi connectivity index (χ0v) is 6.68. The Labute approximate surface area is 74.4 Å². The van der Waals surface area contributed by atoms with Crippen molar-refractivity contribution in [3.05, 3.63) is 23.8 Å². The molecule has 0 radical (unpaired) electrons. The zero-order valence-electron chi connectivity index (χ0n) is 6.68. The third kappa shape index (κ3) is 1.41. The van der Waals surface area contributed by atoms with Gasteiger partial charge in [0.1, 0.15) is 0 Å². The van der Waals surface area contributed by atoms with Gasteiger partial charge in [0, 0.05) is 5.56 Å². The lowest BCUT2D eigenvalue weighted by Crippen LogP contribution is -2.28. The van der Waals surface area contributed by atoms with Gasteiger partial charge in [-0.1, -0.05) is 5.16 Å². The summed E-state index contributed by atoms with van der Waals surface area (Å²) < 4.78 is 10.2. The fraction of sp³-hybridized carbons (Fsp3) is 0.125. The minimum absolute atomic E-state index is 0.560. The largest absolute Gasteiger partial charge is 0.438 e. The highest BCUT2D eigenvalue weighted by Crippen LogP contribution is 2.33. The molecule has 1 heterocycles. The van der Waals surface area contributed by atoms with Gasteiger partial charge >= 0.3 is 0 Å². The molecule has 1 aromatic rings. The van der Waals surface area contributed by atoms with Crippen molar-refractivity contribution in [2.24, 2.45) is 10.9 Å². The first kappa shape index (κ1) is 7.88. The Bertz CT molecular complexity index is 351. The van der Waals surface area contributed by atoms with Gasteiger partial charge in [-0.3, -0.25) is 5.73 Å². The second-order valence-corrected chi connectivity index (χ2v) is 2.55. The van der Waals surface area contributed by atoms with Crippen molar-refractivity contribution in [3.8, 4) is 11.5 Å². The summed E-state index contributed by atoms with van der Waals surface area (Å²) in [5, 5.41) is 11.2. The van der Waals surface area contributed by atoms with E-state index < -0.39 is 6.41 Å². The molecule has 0 bridgehead atoms. The number of hydrogen-bond acceptors (Lipinski definition) is 5. The molecule has 0 amide bonds. The molecule has 5 nitrogen and oxygen atoms in total. The van der Waals surface area contributed by atoms with E-state index in [1.807, 2.05) is 0 Å². The Morgan fingerprint density at radius 2 is 2.15 bits per heavy atom. The van der Waals surface area contributed by atoms with Crippen LogP contribution in [-0.4, -0.2) is 17.8 Å². The predicted molar refractivity (Wildman–Crippen MR) is 45.1 cm³/mol. The van der Waals surface area contributed by atoms with Crippen LogP contribution in [-0.2, 0) is 0 Å².